The van der Waals surface area contributed by atoms with E-state index in [2.05, 4.69) is 20.7 Å². The van der Waals surface area contributed by atoms with Crippen molar-refractivity contribution in [2.75, 3.05) is 13.2 Å². The van der Waals surface area contributed by atoms with E-state index < -0.39 is 21.4 Å². The summed E-state index contributed by atoms with van der Waals surface area (Å²) >= 11 is 3.09. The summed E-state index contributed by atoms with van der Waals surface area (Å²) in [7, 11) is -3.88. The van der Waals surface area contributed by atoms with Crippen LogP contribution in [0.25, 0.3) is 0 Å². The minimum Gasteiger partial charge on any atom is -0.379 e. The molecule has 18 heavy (non-hydrogen) atoms. The lowest BCUT2D eigenvalue weighted by Crippen LogP contribution is -2.46. The van der Waals surface area contributed by atoms with Gasteiger partial charge in [-0.1, -0.05) is 15.9 Å². The van der Waals surface area contributed by atoms with E-state index in [0.29, 0.717) is 24.1 Å². The van der Waals surface area contributed by atoms with Gasteiger partial charge in [0.1, 0.15) is 10.7 Å². The molecule has 0 unspecified atom stereocenters. The Labute approximate surface area is 114 Å². The number of nitrogens with one attached hydrogen (secondary N) is 1. The molecule has 1 aliphatic heterocycles. The Bertz CT molecular complexity index is 555. The highest BCUT2D eigenvalue weighted by Gasteiger charge is 2.35. The standard InChI is InChI=1S/C11H13BrFNO3S/c1-11(4-5-17-7-11)14-18(15,16)10-3-2-8(12)6-9(10)13/h2-3,6,14H,4-5,7H2,1H3/t11-/m1/s1. The molecule has 7 heteroatoms. The molecule has 1 heterocycles. The Balaban J connectivity index is 2.30. The molecule has 100 valence electrons. The van der Waals surface area contributed by atoms with Gasteiger partial charge in [0.2, 0.25) is 10.0 Å². The Hall–Kier alpha value is -0.500. The van der Waals surface area contributed by atoms with Crippen LogP contribution in [0.15, 0.2) is 27.6 Å². The highest BCUT2D eigenvalue weighted by atomic mass is 79.9. The van der Waals surface area contributed by atoms with E-state index in [9.17, 15) is 12.8 Å². The molecule has 0 bridgehead atoms. The first-order chi connectivity index (χ1) is 8.32. The summed E-state index contributed by atoms with van der Waals surface area (Å²) in [5.41, 5.74) is -0.668. The molecular weight excluding hydrogens is 325 g/mol. The molecule has 1 saturated heterocycles. The Kier molecular flexibility index (Phi) is 3.77. The van der Waals surface area contributed by atoms with Crippen LogP contribution >= 0.6 is 15.9 Å². The van der Waals surface area contributed by atoms with Crippen LogP contribution in [0.1, 0.15) is 13.3 Å². The molecule has 0 aromatic heterocycles. The van der Waals surface area contributed by atoms with E-state index in [4.69, 9.17) is 4.74 Å². The predicted molar refractivity (Wildman–Crippen MR) is 68.3 cm³/mol. The van der Waals surface area contributed by atoms with Crippen LogP contribution < -0.4 is 4.72 Å². The molecule has 0 amide bonds. The number of hydrogen-bond acceptors (Lipinski definition) is 3. The molecule has 0 saturated carbocycles. The van der Waals surface area contributed by atoms with Gasteiger partial charge in [-0.2, -0.15) is 0 Å². The molecule has 0 aliphatic carbocycles. The summed E-state index contributed by atoms with van der Waals surface area (Å²) in [5, 5.41) is 0. The smallest absolute Gasteiger partial charge is 0.244 e. The van der Waals surface area contributed by atoms with E-state index >= 15 is 0 Å². The summed E-state index contributed by atoms with van der Waals surface area (Å²) in [6.07, 6.45) is 0.574. The average Bonchev–Trinajstić information content (AvgIpc) is 2.62. The molecule has 1 aromatic carbocycles. The summed E-state index contributed by atoms with van der Waals surface area (Å²) in [4.78, 5) is -0.348. The molecule has 2 rings (SSSR count). The third-order valence-corrected chi connectivity index (χ3v) is 4.95. The molecule has 4 nitrogen and oxygen atoms in total. The second-order valence-electron chi connectivity index (χ2n) is 4.54. The third-order valence-electron chi connectivity index (χ3n) is 2.78. The average molecular weight is 338 g/mol. The first kappa shape index (κ1) is 13.9. The maximum absolute atomic E-state index is 13.7. The van der Waals surface area contributed by atoms with Crippen LogP contribution in [0.3, 0.4) is 0 Å². The third kappa shape index (κ3) is 2.90. The van der Waals surface area contributed by atoms with Crippen molar-refractivity contribution in [1.82, 2.24) is 4.72 Å². The van der Waals surface area contributed by atoms with E-state index in [0.717, 1.165) is 6.07 Å². The fourth-order valence-electron chi connectivity index (χ4n) is 1.82. The predicted octanol–water partition coefficient (Wildman–Crippen LogP) is 2.05. The van der Waals surface area contributed by atoms with Gasteiger partial charge in [-0.3, -0.25) is 0 Å². The Morgan fingerprint density at radius 2 is 2.22 bits per heavy atom. The molecule has 1 aliphatic rings. The van der Waals surface area contributed by atoms with Crippen molar-refractivity contribution in [2.24, 2.45) is 0 Å². The van der Waals surface area contributed by atoms with E-state index in [1.807, 2.05) is 0 Å². The largest absolute Gasteiger partial charge is 0.379 e. The maximum atomic E-state index is 13.7. The van der Waals surface area contributed by atoms with Crippen LogP contribution in [0.4, 0.5) is 4.39 Å². The van der Waals surface area contributed by atoms with Gasteiger partial charge in [0, 0.05) is 11.1 Å². The lowest BCUT2D eigenvalue weighted by molar-refractivity contribution is 0.178. The Morgan fingerprint density at radius 3 is 2.78 bits per heavy atom. The minimum atomic E-state index is -3.88. The zero-order valence-electron chi connectivity index (χ0n) is 9.74. The van der Waals surface area contributed by atoms with E-state index in [-0.39, 0.29) is 4.90 Å². The van der Waals surface area contributed by atoms with E-state index in [1.54, 1.807) is 6.92 Å². The van der Waals surface area contributed by atoms with Crippen LogP contribution in [0.2, 0.25) is 0 Å². The summed E-state index contributed by atoms with van der Waals surface area (Å²) in [6, 6.07) is 3.86. The molecule has 1 fully saturated rings. The maximum Gasteiger partial charge on any atom is 0.244 e. The van der Waals surface area contributed by atoms with Gasteiger partial charge in [0.15, 0.2) is 0 Å². The van der Waals surface area contributed by atoms with Crippen LogP contribution in [0.5, 0.6) is 0 Å². The number of sulfonamides is 1. The number of hydrogen-bond donors (Lipinski definition) is 1. The first-order valence-electron chi connectivity index (χ1n) is 5.39. The van der Waals surface area contributed by atoms with E-state index in [1.165, 1.54) is 12.1 Å². The zero-order chi connectivity index (χ0) is 13.4. The van der Waals surface area contributed by atoms with Crippen LogP contribution in [-0.4, -0.2) is 27.2 Å². The first-order valence-corrected chi connectivity index (χ1v) is 7.67. The molecule has 1 N–H and O–H groups in total. The Morgan fingerprint density at radius 1 is 1.50 bits per heavy atom. The van der Waals surface area contributed by atoms with Gasteiger partial charge in [-0.15, -0.1) is 0 Å². The van der Waals surface area contributed by atoms with Crippen LogP contribution in [-0.2, 0) is 14.8 Å². The van der Waals surface area contributed by atoms with Crippen molar-refractivity contribution in [2.45, 2.75) is 23.8 Å². The highest BCUT2D eigenvalue weighted by Crippen LogP contribution is 2.24. The second kappa shape index (κ2) is 4.88. The van der Waals surface area contributed by atoms with Crippen molar-refractivity contribution in [3.63, 3.8) is 0 Å². The minimum absolute atomic E-state index is 0.296. The molecule has 1 aromatic rings. The quantitative estimate of drug-likeness (QED) is 0.918. The lowest BCUT2D eigenvalue weighted by Gasteiger charge is -2.23. The van der Waals surface area contributed by atoms with Gasteiger partial charge in [-0.05, 0) is 31.5 Å². The van der Waals surface area contributed by atoms with Gasteiger partial charge in [0.25, 0.3) is 0 Å². The molecule has 1 atom stereocenters. The van der Waals surface area contributed by atoms with Crippen molar-refractivity contribution in [3.05, 3.63) is 28.5 Å². The fraction of sp³-hybridized carbons (Fsp3) is 0.455. The number of ether oxygens (including phenoxy) is 1. The van der Waals surface area contributed by atoms with Crippen molar-refractivity contribution >= 4 is 26.0 Å². The number of halogens is 2. The van der Waals surface area contributed by atoms with Gasteiger partial charge in [-0.25, -0.2) is 17.5 Å². The number of rotatable bonds is 3. The molecule has 0 radical (unpaired) electrons. The number of benzene rings is 1. The zero-order valence-corrected chi connectivity index (χ0v) is 12.1. The van der Waals surface area contributed by atoms with Gasteiger partial charge >= 0.3 is 0 Å². The fourth-order valence-corrected chi connectivity index (χ4v) is 3.64. The van der Waals surface area contributed by atoms with Crippen molar-refractivity contribution < 1.29 is 17.5 Å². The van der Waals surface area contributed by atoms with Crippen molar-refractivity contribution in [3.8, 4) is 0 Å². The second-order valence-corrected chi connectivity index (χ2v) is 7.11. The molecular formula is C11H13BrFNO3S. The van der Waals surface area contributed by atoms with Gasteiger partial charge in [0.05, 0.1) is 12.1 Å². The topological polar surface area (TPSA) is 55.4 Å². The van der Waals surface area contributed by atoms with Crippen molar-refractivity contribution in [1.29, 1.82) is 0 Å². The molecule has 0 spiro atoms. The SMILES string of the molecule is C[C@@]1(NS(=O)(=O)c2ccc(Br)cc2F)CCOC1. The summed E-state index contributed by atoms with van der Waals surface area (Å²) in [6.45, 7) is 2.54. The van der Waals surface area contributed by atoms with Gasteiger partial charge < -0.3 is 4.74 Å². The normalized spacial score (nSPS) is 24.4. The lowest BCUT2D eigenvalue weighted by atomic mass is 10.0. The summed E-state index contributed by atoms with van der Waals surface area (Å²) in [5.74, 6) is -0.778. The van der Waals surface area contributed by atoms with Crippen LogP contribution in [0, 0.1) is 5.82 Å². The highest BCUT2D eigenvalue weighted by molar-refractivity contribution is 9.10. The summed E-state index contributed by atoms with van der Waals surface area (Å²) < 4.78 is 46.0. The monoisotopic (exact) mass is 337 g/mol.